The second kappa shape index (κ2) is 9.44. The van der Waals surface area contributed by atoms with Crippen molar-refractivity contribution in [1.29, 1.82) is 0 Å². The van der Waals surface area contributed by atoms with E-state index in [0.29, 0.717) is 19.4 Å². The molecule has 2 unspecified atom stereocenters. The monoisotopic (exact) mass is 572 g/mol. The van der Waals surface area contributed by atoms with Crippen molar-refractivity contribution in [3.05, 3.63) is 51.1 Å². The highest BCUT2D eigenvalue weighted by molar-refractivity contribution is 9.11. The van der Waals surface area contributed by atoms with Crippen LogP contribution >= 0.6 is 39.9 Å². The number of anilines is 1. The van der Waals surface area contributed by atoms with E-state index in [0.717, 1.165) is 52.5 Å². The number of carbonyl (C=O) groups excluding carboxylic acids is 2. The van der Waals surface area contributed by atoms with Crippen LogP contribution in [-0.4, -0.2) is 63.8 Å². The molecule has 6 rings (SSSR count). The molecule has 0 bridgehead atoms. The normalized spacial score (nSPS) is 23.7. The van der Waals surface area contributed by atoms with Gasteiger partial charge in [0.05, 0.1) is 20.6 Å². The number of rotatable bonds is 4. The molecule has 11 heteroatoms. The van der Waals surface area contributed by atoms with Gasteiger partial charge in [-0.3, -0.25) is 24.7 Å². The summed E-state index contributed by atoms with van der Waals surface area (Å²) in [6.45, 7) is 5.25. The number of thiophene rings is 1. The van der Waals surface area contributed by atoms with Crippen molar-refractivity contribution < 1.29 is 9.59 Å². The summed E-state index contributed by atoms with van der Waals surface area (Å²) in [7, 11) is 0. The first-order valence-electron chi connectivity index (χ1n) is 11.7. The number of carbonyl (C=O) groups is 2. The molecule has 1 aromatic carbocycles. The highest BCUT2D eigenvalue weighted by Gasteiger charge is 2.39. The van der Waals surface area contributed by atoms with Crippen molar-refractivity contribution in [2.45, 2.75) is 37.3 Å². The minimum absolute atomic E-state index is 0.143. The van der Waals surface area contributed by atoms with Crippen LogP contribution in [0.15, 0.2) is 34.4 Å². The van der Waals surface area contributed by atoms with Gasteiger partial charge in [-0.1, -0.05) is 18.2 Å². The molecule has 35 heavy (non-hydrogen) atoms. The number of benzene rings is 1. The summed E-state index contributed by atoms with van der Waals surface area (Å²) in [6.07, 6.45) is 2.58. The molecule has 3 aromatic rings. The summed E-state index contributed by atoms with van der Waals surface area (Å²) < 4.78 is 1.07. The number of fused-ring (bicyclic) bond motifs is 2. The molecule has 182 valence electrons. The summed E-state index contributed by atoms with van der Waals surface area (Å²) in [4.78, 5) is 41.0. The van der Waals surface area contributed by atoms with Crippen LogP contribution in [-0.2, 0) is 22.7 Å². The molecule has 5 heterocycles. The van der Waals surface area contributed by atoms with Crippen molar-refractivity contribution in [2.75, 3.05) is 31.1 Å². The first-order chi connectivity index (χ1) is 17.0. The van der Waals surface area contributed by atoms with Crippen molar-refractivity contribution in [3.63, 3.8) is 0 Å². The van der Waals surface area contributed by atoms with Gasteiger partial charge < -0.3 is 4.90 Å². The summed E-state index contributed by atoms with van der Waals surface area (Å²) in [5, 5.41) is 3.45. The summed E-state index contributed by atoms with van der Waals surface area (Å²) in [5.74, 6) is 0.616. The molecule has 1 N–H and O–H groups in total. The number of nitrogens with zero attached hydrogens (tertiary/aromatic N) is 5. The van der Waals surface area contributed by atoms with E-state index in [1.165, 1.54) is 16.7 Å². The Hall–Kier alpha value is -2.05. The third-order valence-electron chi connectivity index (χ3n) is 7.20. The average Bonchev–Trinajstić information content (AvgIpc) is 3.39. The molecule has 3 aliphatic rings. The lowest BCUT2D eigenvalue weighted by atomic mass is 10.0. The SMILES string of the molecule is O=C1CCC(N2Cc3c(CN4CCN(c5ncnc6sc(Br)cc56)CC4)cccc3C2S)C(=O)N1. The van der Waals surface area contributed by atoms with Crippen LogP contribution in [0.5, 0.6) is 0 Å². The maximum Gasteiger partial charge on any atom is 0.243 e. The van der Waals surface area contributed by atoms with Crippen LogP contribution in [0, 0.1) is 0 Å². The molecule has 2 aromatic heterocycles. The van der Waals surface area contributed by atoms with Crippen molar-refractivity contribution in [1.82, 2.24) is 25.1 Å². The zero-order valence-electron chi connectivity index (χ0n) is 19.0. The predicted octanol–water partition coefficient (Wildman–Crippen LogP) is 3.33. The van der Waals surface area contributed by atoms with E-state index in [-0.39, 0.29) is 23.2 Å². The third-order valence-corrected chi connectivity index (χ3v) is 9.32. The highest BCUT2D eigenvalue weighted by Crippen LogP contribution is 2.41. The van der Waals surface area contributed by atoms with Gasteiger partial charge in [0.2, 0.25) is 11.8 Å². The number of imide groups is 1. The molecule has 8 nitrogen and oxygen atoms in total. The fourth-order valence-electron chi connectivity index (χ4n) is 5.39. The maximum absolute atomic E-state index is 12.5. The summed E-state index contributed by atoms with van der Waals surface area (Å²) in [5.41, 5.74) is 3.72. The second-order valence-corrected chi connectivity index (χ2v) is 12.1. The van der Waals surface area contributed by atoms with Gasteiger partial charge in [-0.05, 0) is 45.1 Å². The van der Waals surface area contributed by atoms with E-state index >= 15 is 0 Å². The lowest BCUT2D eigenvalue weighted by molar-refractivity contribution is -0.137. The van der Waals surface area contributed by atoms with E-state index in [4.69, 9.17) is 12.6 Å². The molecular weight excluding hydrogens is 548 g/mol. The fraction of sp³-hybridized carbons (Fsp3) is 0.417. The van der Waals surface area contributed by atoms with E-state index in [9.17, 15) is 9.59 Å². The quantitative estimate of drug-likeness (QED) is 0.366. The topological polar surface area (TPSA) is 81.7 Å². The second-order valence-electron chi connectivity index (χ2n) is 9.23. The minimum Gasteiger partial charge on any atom is -0.353 e. The van der Waals surface area contributed by atoms with Crippen molar-refractivity contribution >= 4 is 67.7 Å². The Kier molecular flexibility index (Phi) is 6.30. The number of nitrogens with one attached hydrogen (secondary N) is 1. The van der Waals surface area contributed by atoms with E-state index < -0.39 is 0 Å². The third kappa shape index (κ3) is 4.37. The molecule has 0 spiro atoms. The highest BCUT2D eigenvalue weighted by atomic mass is 79.9. The van der Waals surface area contributed by atoms with Crippen LogP contribution < -0.4 is 10.2 Å². The van der Waals surface area contributed by atoms with Gasteiger partial charge in [0.25, 0.3) is 0 Å². The maximum atomic E-state index is 12.5. The smallest absolute Gasteiger partial charge is 0.243 e. The van der Waals surface area contributed by atoms with Crippen molar-refractivity contribution in [3.8, 4) is 0 Å². The first kappa shape index (κ1) is 23.4. The number of piperidine rings is 1. The minimum atomic E-state index is -0.319. The predicted molar refractivity (Wildman–Crippen MR) is 142 cm³/mol. The van der Waals surface area contributed by atoms with E-state index in [1.54, 1.807) is 17.7 Å². The van der Waals surface area contributed by atoms with Crippen LogP contribution in [0.4, 0.5) is 5.82 Å². The lowest BCUT2D eigenvalue weighted by Gasteiger charge is -2.36. The molecular formula is C24H25BrN6O2S2. The zero-order valence-corrected chi connectivity index (χ0v) is 22.3. The van der Waals surface area contributed by atoms with E-state index in [2.05, 4.69) is 70.2 Å². The Bertz CT molecular complexity index is 1310. The van der Waals surface area contributed by atoms with Crippen LogP contribution in [0.2, 0.25) is 0 Å². The molecule has 2 amide bonds. The Labute approximate surface area is 221 Å². The van der Waals surface area contributed by atoms with Gasteiger partial charge in [0.1, 0.15) is 17.0 Å². The average molecular weight is 574 g/mol. The Morgan fingerprint density at radius 2 is 2.00 bits per heavy atom. The Morgan fingerprint density at radius 1 is 1.17 bits per heavy atom. The van der Waals surface area contributed by atoms with Gasteiger partial charge in [0.15, 0.2) is 0 Å². The number of amides is 2. The zero-order chi connectivity index (χ0) is 24.1. The largest absolute Gasteiger partial charge is 0.353 e. The number of piperazine rings is 1. The van der Waals surface area contributed by atoms with Gasteiger partial charge in [-0.25, -0.2) is 9.97 Å². The molecule has 3 aliphatic heterocycles. The number of hydrogen-bond donors (Lipinski definition) is 2. The first-order valence-corrected chi connectivity index (χ1v) is 13.9. The Balaban J connectivity index is 1.14. The molecule has 2 atom stereocenters. The fourth-order valence-corrected chi connectivity index (χ4v) is 7.28. The van der Waals surface area contributed by atoms with Crippen LogP contribution in [0.25, 0.3) is 10.2 Å². The number of halogens is 1. The van der Waals surface area contributed by atoms with Crippen molar-refractivity contribution in [2.24, 2.45) is 0 Å². The molecule has 0 aliphatic carbocycles. The lowest BCUT2D eigenvalue weighted by Crippen LogP contribution is -2.51. The summed E-state index contributed by atoms with van der Waals surface area (Å²) >= 11 is 10.1. The van der Waals surface area contributed by atoms with E-state index in [1.807, 2.05) is 0 Å². The molecule has 0 saturated carbocycles. The van der Waals surface area contributed by atoms with Gasteiger partial charge in [-0.15, -0.1) is 11.3 Å². The summed E-state index contributed by atoms with van der Waals surface area (Å²) in [6, 6.07) is 8.18. The number of hydrogen-bond acceptors (Lipinski definition) is 9. The van der Waals surface area contributed by atoms with Gasteiger partial charge in [-0.2, -0.15) is 12.6 Å². The van der Waals surface area contributed by atoms with Gasteiger partial charge >= 0.3 is 0 Å². The standard InChI is InChI=1S/C24H25BrN6O2S2/c25-19-10-16-21(26-13-27-23(16)35-19)30-8-6-29(7-9-30)11-14-2-1-3-15-17(14)12-31(24(15)34)18-4-5-20(32)28-22(18)33/h1-3,10,13,18,24,34H,4-9,11-12H2,(H,28,32,33). The molecule has 2 fully saturated rings. The molecule has 0 radical (unpaired) electrons. The Morgan fingerprint density at radius 3 is 2.80 bits per heavy atom. The van der Waals surface area contributed by atoms with Gasteiger partial charge in [0, 0.05) is 45.7 Å². The number of aromatic nitrogens is 2. The molecule has 2 saturated heterocycles. The van der Waals surface area contributed by atoms with Crippen LogP contribution in [0.3, 0.4) is 0 Å². The van der Waals surface area contributed by atoms with Crippen LogP contribution in [0.1, 0.15) is 34.9 Å². The number of thiol groups is 1.